The van der Waals surface area contributed by atoms with Gasteiger partial charge in [-0.05, 0) is 19.1 Å². The van der Waals surface area contributed by atoms with Crippen LogP contribution in [-0.4, -0.2) is 14.5 Å². The van der Waals surface area contributed by atoms with Gasteiger partial charge in [0.1, 0.15) is 5.82 Å². The van der Waals surface area contributed by atoms with Crippen LogP contribution in [0.2, 0.25) is 0 Å². The zero-order chi connectivity index (χ0) is 14.8. The number of aryl methyl sites for hydroxylation is 1. The van der Waals surface area contributed by atoms with E-state index >= 15 is 0 Å². The third-order valence-electron chi connectivity index (χ3n) is 3.04. The predicted molar refractivity (Wildman–Crippen MR) is 67.8 cm³/mol. The summed E-state index contributed by atoms with van der Waals surface area (Å²) in [5, 5.41) is 0. The highest BCUT2D eigenvalue weighted by Crippen LogP contribution is 2.29. The third kappa shape index (κ3) is 3.16. The standard InChI is InChI=1S/C13H15F3N4/c1-2-20-6-5-18-12(20)7-10(17)11-4-3-9(8-19-11)13(14,15)16/h3-6,8,10H,2,7,17H2,1H3. The summed E-state index contributed by atoms with van der Waals surface area (Å²) in [6.45, 7) is 2.75. The summed E-state index contributed by atoms with van der Waals surface area (Å²) in [6.07, 6.45) is 0.364. The molecule has 1 atom stereocenters. The topological polar surface area (TPSA) is 56.7 Å². The molecule has 0 fully saturated rings. The lowest BCUT2D eigenvalue weighted by molar-refractivity contribution is -0.137. The van der Waals surface area contributed by atoms with E-state index in [9.17, 15) is 13.2 Å². The molecule has 4 nitrogen and oxygen atoms in total. The summed E-state index contributed by atoms with van der Waals surface area (Å²) in [5.41, 5.74) is 5.62. The highest BCUT2D eigenvalue weighted by molar-refractivity contribution is 5.19. The van der Waals surface area contributed by atoms with Crippen LogP contribution >= 0.6 is 0 Å². The molecule has 0 radical (unpaired) electrons. The maximum Gasteiger partial charge on any atom is 0.417 e. The van der Waals surface area contributed by atoms with E-state index in [0.717, 1.165) is 24.6 Å². The minimum atomic E-state index is -4.38. The van der Waals surface area contributed by atoms with Crippen molar-refractivity contribution in [2.75, 3.05) is 0 Å². The van der Waals surface area contributed by atoms with Crippen molar-refractivity contribution < 1.29 is 13.2 Å². The fourth-order valence-corrected chi connectivity index (χ4v) is 1.91. The van der Waals surface area contributed by atoms with Crippen molar-refractivity contribution in [1.29, 1.82) is 0 Å². The van der Waals surface area contributed by atoms with Gasteiger partial charge in [-0.1, -0.05) is 0 Å². The summed E-state index contributed by atoms with van der Waals surface area (Å²) < 4.78 is 39.3. The summed E-state index contributed by atoms with van der Waals surface area (Å²) in [5.74, 6) is 0.793. The molecule has 20 heavy (non-hydrogen) atoms. The molecule has 2 rings (SSSR count). The summed E-state index contributed by atoms with van der Waals surface area (Å²) in [6, 6.07) is 1.83. The number of alkyl halides is 3. The van der Waals surface area contributed by atoms with E-state index in [-0.39, 0.29) is 0 Å². The summed E-state index contributed by atoms with van der Waals surface area (Å²) >= 11 is 0. The van der Waals surface area contributed by atoms with Crippen molar-refractivity contribution in [3.8, 4) is 0 Å². The second kappa shape index (κ2) is 5.62. The lowest BCUT2D eigenvalue weighted by Gasteiger charge is -2.13. The Kier molecular flexibility index (Phi) is 4.08. The Morgan fingerprint density at radius 1 is 1.30 bits per heavy atom. The molecule has 0 saturated carbocycles. The van der Waals surface area contributed by atoms with Gasteiger partial charge in [0.2, 0.25) is 0 Å². The van der Waals surface area contributed by atoms with Gasteiger partial charge in [0.05, 0.1) is 17.3 Å². The Labute approximate surface area is 114 Å². The average molecular weight is 284 g/mol. The van der Waals surface area contributed by atoms with Crippen LogP contribution in [0.3, 0.4) is 0 Å². The van der Waals surface area contributed by atoms with E-state index < -0.39 is 17.8 Å². The molecular formula is C13H15F3N4. The Balaban J connectivity index is 2.12. The maximum absolute atomic E-state index is 12.4. The number of imidazole rings is 1. The lowest BCUT2D eigenvalue weighted by atomic mass is 10.1. The minimum Gasteiger partial charge on any atom is -0.335 e. The normalized spacial score (nSPS) is 13.4. The molecule has 0 saturated heterocycles. The van der Waals surface area contributed by atoms with Crippen LogP contribution in [0.5, 0.6) is 0 Å². The Morgan fingerprint density at radius 3 is 2.60 bits per heavy atom. The first-order valence-electron chi connectivity index (χ1n) is 6.20. The van der Waals surface area contributed by atoms with Gasteiger partial charge in [-0.3, -0.25) is 4.98 Å². The Hall–Kier alpha value is -1.89. The molecule has 0 aliphatic rings. The van der Waals surface area contributed by atoms with Crippen molar-refractivity contribution in [3.63, 3.8) is 0 Å². The quantitative estimate of drug-likeness (QED) is 0.938. The van der Waals surface area contributed by atoms with Crippen molar-refractivity contribution in [2.45, 2.75) is 32.1 Å². The molecule has 2 aromatic rings. The number of halogens is 3. The van der Waals surface area contributed by atoms with Gasteiger partial charge in [0.15, 0.2) is 0 Å². The predicted octanol–water partition coefficient (Wildman–Crippen LogP) is 2.56. The van der Waals surface area contributed by atoms with Gasteiger partial charge in [0, 0.05) is 31.6 Å². The van der Waals surface area contributed by atoms with Gasteiger partial charge in [0.25, 0.3) is 0 Å². The third-order valence-corrected chi connectivity index (χ3v) is 3.04. The molecule has 0 aliphatic heterocycles. The average Bonchev–Trinajstić information content (AvgIpc) is 2.85. The van der Waals surface area contributed by atoms with E-state index in [1.807, 2.05) is 17.7 Å². The van der Waals surface area contributed by atoms with Gasteiger partial charge in [-0.15, -0.1) is 0 Å². The first-order valence-corrected chi connectivity index (χ1v) is 6.20. The Morgan fingerprint density at radius 2 is 2.05 bits per heavy atom. The van der Waals surface area contributed by atoms with E-state index in [1.165, 1.54) is 6.07 Å². The van der Waals surface area contributed by atoms with Gasteiger partial charge in [-0.25, -0.2) is 4.98 Å². The molecule has 1 unspecified atom stereocenters. The fourth-order valence-electron chi connectivity index (χ4n) is 1.91. The molecule has 0 amide bonds. The van der Waals surface area contributed by atoms with Crippen molar-refractivity contribution in [2.24, 2.45) is 5.73 Å². The van der Waals surface area contributed by atoms with Crippen LogP contribution in [0.15, 0.2) is 30.7 Å². The zero-order valence-electron chi connectivity index (χ0n) is 10.9. The zero-order valence-corrected chi connectivity index (χ0v) is 10.9. The number of nitrogens with zero attached hydrogens (tertiary/aromatic N) is 3. The van der Waals surface area contributed by atoms with Crippen molar-refractivity contribution in [3.05, 3.63) is 47.8 Å². The number of nitrogens with two attached hydrogens (primary N) is 1. The van der Waals surface area contributed by atoms with Gasteiger partial charge >= 0.3 is 6.18 Å². The summed E-state index contributed by atoms with van der Waals surface area (Å²) in [4.78, 5) is 7.98. The second-order valence-electron chi connectivity index (χ2n) is 4.41. The van der Waals surface area contributed by atoms with Crippen LogP contribution in [0.1, 0.15) is 30.0 Å². The van der Waals surface area contributed by atoms with E-state index in [2.05, 4.69) is 9.97 Å². The van der Waals surface area contributed by atoms with Crippen LogP contribution in [-0.2, 0) is 19.1 Å². The molecule has 0 spiro atoms. The lowest BCUT2D eigenvalue weighted by Crippen LogP contribution is -2.18. The van der Waals surface area contributed by atoms with Crippen molar-refractivity contribution in [1.82, 2.24) is 14.5 Å². The van der Waals surface area contributed by atoms with E-state index in [4.69, 9.17) is 5.73 Å². The smallest absolute Gasteiger partial charge is 0.335 e. The molecule has 108 valence electrons. The highest BCUT2D eigenvalue weighted by atomic mass is 19.4. The number of hydrogen-bond acceptors (Lipinski definition) is 3. The first-order chi connectivity index (χ1) is 9.41. The van der Waals surface area contributed by atoms with Crippen molar-refractivity contribution >= 4 is 0 Å². The van der Waals surface area contributed by atoms with Crippen LogP contribution < -0.4 is 5.73 Å². The minimum absolute atomic E-state index is 0.420. The fraction of sp³-hybridized carbons (Fsp3) is 0.385. The monoisotopic (exact) mass is 284 g/mol. The first kappa shape index (κ1) is 14.5. The molecular weight excluding hydrogens is 269 g/mol. The van der Waals surface area contributed by atoms with Crippen LogP contribution in [0.25, 0.3) is 0 Å². The number of hydrogen-bond donors (Lipinski definition) is 1. The molecule has 0 aromatic carbocycles. The highest BCUT2D eigenvalue weighted by Gasteiger charge is 2.30. The van der Waals surface area contributed by atoms with Gasteiger partial charge < -0.3 is 10.3 Å². The molecule has 2 N–H and O–H groups in total. The van der Waals surface area contributed by atoms with Crippen LogP contribution in [0.4, 0.5) is 13.2 Å². The summed E-state index contributed by atoms with van der Waals surface area (Å²) in [7, 11) is 0. The maximum atomic E-state index is 12.4. The number of pyridine rings is 1. The molecule has 0 bridgehead atoms. The second-order valence-corrected chi connectivity index (χ2v) is 4.41. The molecule has 0 aliphatic carbocycles. The van der Waals surface area contributed by atoms with E-state index in [1.54, 1.807) is 6.20 Å². The van der Waals surface area contributed by atoms with E-state index in [0.29, 0.717) is 12.1 Å². The molecule has 7 heteroatoms. The number of rotatable bonds is 4. The largest absolute Gasteiger partial charge is 0.417 e. The van der Waals surface area contributed by atoms with Gasteiger partial charge in [-0.2, -0.15) is 13.2 Å². The molecule has 2 aromatic heterocycles. The van der Waals surface area contributed by atoms with Crippen LogP contribution in [0, 0.1) is 0 Å². The SMILES string of the molecule is CCn1ccnc1CC(N)c1ccc(C(F)(F)F)cn1. The number of aromatic nitrogens is 3. The molecule has 2 heterocycles. The Bertz CT molecular complexity index is 560.